The minimum Gasteiger partial charge on any atom is -0.393 e. The molecule has 0 aromatic heterocycles. The highest BCUT2D eigenvalue weighted by atomic mass is 32.2. The van der Waals surface area contributed by atoms with Gasteiger partial charge in [0.15, 0.2) is 0 Å². The van der Waals surface area contributed by atoms with Crippen LogP contribution in [-0.4, -0.2) is 34.7 Å². The maximum absolute atomic E-state index is 8.88. The molecule has 3 heteroatoms. The first-order chi connectivity index (χ1) is 4.77. The Kier molecular flexibility index (Phi) is 8.28. The third kappa shape index (κ3) is 8.66. The molecule has 1 nitrogen and oxygen atoms in total. The molecule has 0 bridgehead atoms. The Morgan fingerprint density at radius 3 is 2.60 bits per heavy atom. The van der Waals surface area contributed by atoms with E-state index in [2.05, 4.69) is 6.26 Å². The van der Waals surface area contributed by atoms with E-state index in [4.69, 9.17) is 5.11 Å². The highest BCUT2D eigenvalue weighted by Gasteiger charge is 1.94. The van der Waals surface area contributed by atoms with Gasteiger partial charge in [-0.25, -0.2) is 0 Å². The summed E-state index contributed by atoms with van der Waals surface area (Å²) in [4.78, 5) is 0. The van der Waals surface area contributed by atoms with E-state index >= 15 is 0 Å². The van der Waals surface area contributed by atoms with Gasteiger partial charge < -0.3 is 5.11 Å². The quantitative estimate of drug-likeness (QED) is 0.630. The molecule has 0 fully saturated rings. The van der Waals surface area contributed by atoms with Crippen molar-refractivity contribution in [2.45, 2.75) is 19.4 Å². The Morgan fingerprint density at radius 2 is 2.10 bits per heavy atom. The van der Waals surface area contributed by atoms with Crippen LogP contribution < -0.4 is 0 Å². The predicted octanol–water partition coefficient (Wildman–Crippen LogP) is 1.85. The molecule has 0 aromatic rings. The van der Waals surface area contributed by atoms with Gasteiger partial charge in [-0.1, -0.05) is 0 Å². The molecular formula is C7H16OS2. The van der Waals surface area contributed by atoms with Crippen molar-refractivity contribution < 1.29 is 5.11 Å². The first-order valence-corrected chi connectivity index (χ1v) is 6.07. The summed E-state index contributed by atoms with van der Waals surface area (Å²) in [7, 11) is 0. The van der Waals surface area contributed by atoms with Gasteiger partial charge in [0.05, 0.1) is 6.10 Å². The van der Waals surface area contributed by atoms with Crippen LogP contribution >= 0.6 is 23.5 Å². The summed E-state index contributed by atoms with van der Waals surface area (Å²) in [5, 5.41) is 8.88. The second-order valence-electron chi connectivity index (χ2n) is 2.27. The smallest absolute Gasteiger partial charge is 0.0602 e. The lowest BCUT2D eigenvalue weighted by molar-refractivity contribution is 0.220. The van der Waals surface area contributed by atoms with E-state index in [1.165, 1.54) is 17.9 Å². The Morgan fingerprint density at radius 1 is 1.40 bits per heavy atom. The summed E-state index contributed by atoms with van der Waals surface area (Å²) in [6.07, 6.45) is 3.25. The van der Waals surface area contributed by atoms with Crippen molar-refractivity contribution in [2.24, 2.45) is 0 Å². The molecule has 0 aromatic carbocycles. The minimum absolute atomic E-state index is 0.140. The van der Waals surface area contributed by atoms with Crippen molar-refractivity contribution in [3.05, 3.63) is 0 Å². The van der Waals surface area contributed by atoms with Crippen LogP contribution in [0.4, 0.5) is 0 Å². The molecule has 0 radical (unpaired) electrons. The molecule has 62 valence electrons. The van der Waals surface area contributed by atoms with Gasteiger partial charge in [0, 0.05) is 5.75 Å². The number of hydrogen-bond donors (Lipinski definition) is 1. The van der Waals surface area contributed by atoms with Gasteiger partial charge in [0.2, 0.25) is 0 Å². The zero-order chi connectivity index (χ0) is 7.82. The van der Waals surface area contributed by atoms with Gasteiger partial charge in [-0.15, -0.1) is 0 Å². The fraction of sp³-hybridized carbons (Fsp3) is 1.00. The third-order valence-corrected chi connectivity index (χ3v) is 2.99. The lowest BCUT2D eigenvalue weighted by Crippen LogP contribution is -2.03. The zero-order valence-corrected chi connectivity index (χ0v) is 8.30. The second-order valence-corrected chi connectivity index (χ2v) is 4.41. The predicted molar refractivity (Wildman–Crippen MR) is 52.0 cm³/mol. The van der Waals surface area contributed by atoms with E-state index in [1.807, 2.05) is 30.4 Å². The van der Waals surface area contributed by atoms with E-state index in [1.54, 1.807) is 0 Å². The topological polar surface area (TPSA) is 20.2 Å². The van der Waals surface area contributed by atoms with Crippen molar-refractivity contribution >= 4 is 23.5 Å². The summed E-state index contributed by atoms with van der Waals surface area (Å²) in [5.74, 6) is 3.31. The molecule has 1 atom stereocenters. The SMILES string of the molecule is CSCCCSCC(C)O. The minimum atomic E-state index is -0.140. The van der Waals surface area contributed by atoms with Gasteiger partial charge in [0.1, 0.15) is 0 Å². The second kappa shape index (κ2) is 7.76. The highest BCUT2D eigenvalue weighted by molar-refractivity contribution is 7.99. The summed E-state index contributed by atoms with van der Waals surface area (Å²) in [6.45, 7) is 1.83. The van der Waals surface area contributed by atoms with Crippen molar-refractivity contribution in [1.82, 2.24) is 0 Å². The normalized spacial score (nSPS) is 13.5. The average molecular weight is 180 g/mol. The number of hydrogen-bond acceptors (Lipinski definition) is 3. The van der Waals surface area contributed by atoms with Gasteiger partial charge in [0.25, 0.3) is 0 Å². The van der Waals surface area contributed by atoms with Gasteiger partial charge >= 0.3 is 0 Å². The molecule has 0 aliphatic heterocycles. The van der Waals surface area contributed by atoms with Crippen molar-refractivity contribution in [2.75, 3.05) is 23.5 Å². The molecule has 10 heavy (non-hydrogen) atoms. The standard InChI is InChI=1S/C7H16OS2/c1-7(8)6-10-5-3-4-9-2/h7-8H,3-6H2,1-2H3. The molecule has 0 aliphatic rings. The molecular weight excluding hydrogens is 164 g/mol. The van der Waals surface area contributed by atoms with Crippen LogP contribution in [0.15, 0.2) is 0 Å². The van der Waals surface area contributed by atoms with E-state index in [9.17, 15) is 0 Å². The van der Waals surface area contributed by atoms with Crippen molar-refractivity contribution in [3.8, 4) is 0 Å². The van der Waals surface area contributed by atoms with E-state index in [0.29, 0.717) is 0 Å². The fourth-order valence-corrected chi connectivity index (χ4v) is 2.03. The van der Waals surface area contributed by atoms with Gasteiger partial charge in [-0.05, 0) is 31.1 Å². The lowest BCUT2D eigenvalue weighted by atomic mass is 10.5. The molecule has 0 spiro atoms. The Balaban J connectivity index is 2.77. The molecule has 0 heterocycles. The number of thioether (sulfide) groups is 2. The van der Waals surface area contributed by atoms with Crippen LogP contribution in [0, 0.1) is 0 Å². The Labute approximate surface area is 72.0 Å². The number of rotatable bonds is 6. The van der Waals surface area contributed by atoms with Crippen molar-refractivity contribution in [3.63, 3.8) is 0 Å². The summed E-state index contributed by atoms with van der Waals surface area (Å²) < 4.78 is 0. The first-order valence-electron chi connectivity index (χ1n) is 3.52. The van der Waals surface area contributed by atoms with Crippen LogP contribution in [-0.2, 0) is 0 Å². The van der Waals surface area contributed by atoms with Crippen molar-refractivity contribution in [1.29, 1.82) is 0 Å². The Bertz CT molecular complexity index is 66.6. The van der Waals surface area contributed by atoms with Gasteiger partial charge in [-0.2, -0.15) is 23.5 Å². The van der Waals surface area contributed by atoms with Crippen LogP contribution in [0.1, 0.15) is 13.3 Å². The third-order valence-electron chi connectivity index (χ3n) is 0.996. The summed E-state index contributed by atoms with van der Waals surface area (Å²) in [6, 6.07) is 0. The molecule has 0 rings (SSSR count). The number of aliphatic hydroxyl groups excluding tert-OH is 1. The highest BCUT2D eigenvalue weighted by Crippen LogP contribution is 2.06. The lowest BCUT2D eigenvalue weighted by Gasteiger charge is -2.02. The van der Waals surface area contributed by atoms with Crippen LogP contribution in [0.3, 0.4) is 0 Å². The summed E-state index contributed by atoms with van der Waals surface area (Å²) >= 11 is 3.72. The van der Waals surface area contributed by atoms with Gasteiger partial charge in [-0.3, -0.25) is 0 Å². The monoisotopic (exact) mass is 180 g/mol. The first kappa shape index (κ1) is 10.7. The largest absolute Gasteiger partial charge is 0.393 e. The Hall–Kier alpha value is 0.660. The summed E-state index contributed by atoms with van der Waals surface area (Å²) in [5.41, 5.74) is 0. The van der Waals surface area contributed by atoms with Crippen LogP contribution in [0.2, 0.25) is 0 Å². The maximum atomic E-state index is 8.88. The average Bonchev–Trinajstić information content (AvgIpc) is 1.87. The van der Waals surface area contributed by atoms with E-state index < -0.39 is 0 Å². The maximum Gasteiger partial charge on any atom is 0.0602 e. The van der Waals surface area contributed by atoms with E-state index in [-0.39, 0.29) is 6.10 Å². The number of aliphatic hydroxyl groups is 1. The molecule has 0 aliphatic carbocycles. The van der Waals surface area contributed by atoms with E-state index in [0.717, 1.165) is 5.75 Å². The molecule has 0 amide bonds. The molecule has 1 N–H and O–H groups in total. The molecule has 0 saturated carbocycles. The molecule has 0 saturated heterocycles. The van der Waals surface area contributed by atoms with Crippen LogP contribution in [0.5, 0.6) is 0 Å². The zero-order valence-electron chi connectivity index (χ0n) is 6.67. The van der Waals surface area contributed by atoms with Crippen LogP contribution in [0.25, 0.3) is 0 Å². The fourth-order valence-electron chi connectivity index (χ4n) is 0.559. The molecule has 1 unspecified atom stereocenters.